The third kappa shape index (κ3) is 2.81. The number of carbonyl (C=O) groups excluding carboxylic acids is 1. The van der Waals surface area contributed by atoms with Gasteiger partial charge in [-0.3, -0.25) is 14.0 Å². The van der Waals surface area contributed by atoms with E-state index in [0.717, 1.165) is 5.69 Å². The van der Waals surface area contributed by atoms with E-state index in [1.165, 1.54) is 0 Å². The van der Waals surface area contributed by atoms with Gasteiger partial charge >= 0.3 is 0 Å². The van der Waals surface area contributed by atoms with Crippen molar-refractivity contribution < 1.29 is 9.00 Å². The minimum Gasteiger partial charge on any atom is -0.335 e. The third-order valence-electron chi connectivity index (χ3n) is 3.75. The van der Waals surface area contributed by atoms with Crippen LogP contribution in [0.1, 0.15) is 24.3 Å². The average molecular weight is 318 g/mol. The van der Waals surface area contributed by atoms with E-state index in [1.54, 1.807) is 34.1 Å². The lowest BCUT2D eigenvalue weighted by atomic mass is 10.1. The fraction of sp³-hybridized carbons (Fsp3) is 0.400. The summed E-state index contributed by atoms with van der Waals surface area (Å²) in [4.78, 5) is 18.6. The molecule has 2 aromatic heterocycles. The van der Waals surface area contributed by atoms with Crippen molar-refractivity contribution in [3.63, 3.8) is 0 Å². The van der Waals surface area contributed by atoms with Gasteiger partial charge in [0.25, 0.3) is 5.91 Å². The number of hydrogen-bond acceptors (Lipinski definition) is 4. The Morgan fingerprint density at radius 3 is 2.86 bits per heavy atom. The Morgan fingerprint density at radius 1 is 1.36 bits per heavy atom. The second kappa shape index (κ2) is 5.64. The van der Waals surface area contributed by atoms with Crippen LogP contribution in [-0.2, 0) is 10.8 Å². The molecule has 0 aromatic carbocycles. The minimum absolute atomic E-state index is 0.126. The first-order chi connectivity index (χ1) is 10.5. The monoisotopic (exact) mass is 318 g/mol. The van der Waals surface area contributed by atoms with E-state index in [2.05, 4.69) is 10.1 Å². The maximum absolute atomic E-state index is 12.7. The van der Waals surface area contributed by atoms with Crippen LogP contribution < -0.4 is 0 Å². The molecule has 0 bridgehead atoms. The normalized spacial score (nSPS) is 20.8. The van der Waals surface area contributed by atoms with Crippen molar-refractivity contribution in [3.05, 3.63) is 42.5 Å². The lowest BCUT2D eigenvalue weighted by Crippen LogP contribution is -2.52. The Balaban J connectivity index is 1.84. The number of aromatic nitrogens is 3. The molecule has 1 aliphatic rings. The van der Waals surface area contributed by atoms with E-state index in [9.17, 15) is 9.00 Å². The standard InChI is InChI=1S/C15H18N4O2S/c1-15(2)11-18(8-9-22(15)21)14(20)13-10-12(4-6-16-13)19-7-3-5-17-19/h3-7,10H,8-9,11H2,1-2H3. The fourth-order valence-corrected chi connectivity index (χ4v) is 3.75. The molecule has 7 heteroatoms. The Morgan fingerprint density at radius 2 is 2.18 bits per heavy atom. The molecule has 0 spiro atoms. The van der Waals surface area contributed by atoms with E-state index < -0.39 is 10.8 Å². The maximum atomic E-state index is 12.7. The van der Waals surface area contributed by atoms with Gasteiger partial charge in [0.05, 0.1) is 10.4 Å². The van der Waals surface area contributed by atoms with Gasteiger partial charge in [0.1, 0.15) is 5.69 Å². The number of rotatable bonds is 2. The van der Waals surface area contributed by atoms with Crippen LogP contribution >= 0.6 is 0 Å². The summed E-state index contributed by atoms with van der Waals surface area (Å²) < 4.78 is 13.3. The molecular weight excluding hydrogens is 300 g/mol. The Kier molecular flexibility index (Phi) is 3.82. The maximum Gasteiger partial charge on any atom is 0.272 e. The lowest BCUT2D eigenvalue weighted by Gasteiger charge is -2.37. The zero-order valence-electron chi connectivity index (χ0n) is 12.6. The van der Waals surface area contributed by atoms with Crippen molar-refractivity contribution in [1.29, 1.82) is 0 Å². The van der Waals surface area contributed by atoms with Gasteiger partial charge in [-0.25, -0.2) is 4.68 Å². The second-order valence-corrected chi connectivity index (χ2v) is 8.09. The highest BCUT2D eigenvalue weighted by atomic mass is 32.2. The number of pyridine rings is 1. The van der Waals surface area contributed by atoms with E-state index in [4.69, 9.17) is 0 Å². The topological polar surface area (TPSA) is 68.1 Å². The van der Waals surface area contributed by atoms with Crippen LogP contribution in [0.15, 0.2) is 36.8 Å². The number of nitrogens with zero attached hydrogens (tertiary/aromatic N) is 4. The summed E-state index contributed by atoms with van der Waals surface area (Å²) in [6, 6.07) is 5.36. The molecule has 1 atom stereocenters. The van der Waals surface area contributed by atoms with E-state index >= 15 is 0 Å². The van der Waals surface area contributed by atoms with Gasteiger partial charge in [-0.05, 0) is 32.0 Å². The first kappa shape index (κ1) is 14.9. The molecule has 1 amide bonds. The molecule has 1 saturated heterocycles. The summed E-state index contributed by atoms with van der Waals surface area (Å²) in [7, 11) is -0.901. The van der Waals surface area contributed by atoms with Gasteiger partial charge < -0.3 is 4.90 Å². The summed E-state index contributed by atoms with van der Waals surface area (Å²) in [6.07, 6.45) is 5.11. The highest BCUT2D eigenvalue weighted by Crippen LogP contribution is 2.21. The zero-order chi connectivity index (χ0) is 15.7. The van der Waals surface area contributed by atoms with E-state index in [0.29, 0.717) is 24.5 Å². The summed E-state index contributed by atoms with van der Waals surface area (Å²) >= 11 is 0. The largest absolute Gasteiger partial charge is 0.335 e. The molecular formula is C15H18N4O2S. The summed E-state index contributed by atoms with van der Waals surface area (Å²) in [5, 5.41) is 4.16. The molecule has 1 unspecified atom stereocenters. The number of hydrogen-bond donors (Lipinski definition) is 0. The van der Waals surface area contributed by atoms with Gasteiger partial charge in [-0.2, -0.15) is 5.10 Å². The van der Waals surface area contributed by atoms with Crippen LogP contribution in [0, 0.1) is 0 Å². The van der Waals surface area contributed by atoms with Gasteiger partial charge in [-0.1, -0.05) is 0 Å². The van der Waals surface area contributed by atoms with Crippen LogP contribution in [0.3, 0.4) is 0 Å². The highest BCUT2D eigenvalue weighted by molar-refractivity contribution is 7.86. The quantitative estimate of drug-likeness (QED) is 0.836. The zero-order valence-corrected chi connectivity index (χ0v) is 13.4. The van der Waals surface area contributed by atoms with Crippen molar-refractivity contribution in [1.82, 2.24) is 19.7 Å². The first-order valence-corrected chi connectivity index (χ1v) is 8.43. The highest BCUT2D eigenvalue weighted by Gasteiger charge is 2.35. The molecule has 116 valence electrons. The molecule has 0 saturated carbocycles. The molecule has 0 N–H and O–H groups in total. The predicted molar refractivity (Wildman–Crippen MR) is 84.4 cm³/mol. The fourth-order valence-electron chi connectivity index (χ4n) is 2.52. The molecule has 0 radical (unpaired) electrons. The van der Waals surface area contributed by atoms with Crippen molar-refractivity contribution in [3.8, 4) is 5.69 Å². The van der Waals surface area contributed by atoms with Gasteiger partial charge in [-0.15, -0.1) is 0 Å². The van der Waals surface area contributed by atoms with Crippen LogP contribution in [0.25, 0.3) is 5.69 Å². The molecule has 22 heavy (non-hydrogen) atoms. The SMILES string of the molecule is CC1(C)CN(C(=O)c2cc(-n3cccn3)ccn2)CCS1=O. The average Bonchev–Trinajstić information content (AvgIpc) is 3.04. The Labute approximate surface area is 131 Å². The van der Waals surface area contributed by atoms with Gasteiger partial charge in [0.2, 0.25) is 0 Å². The van der Waals surface area contributed by atoms with E-state index in [-0.39, 0.29) is 10.7 Å². The molecule has 6 nitrogen and oxygen atoms in total. The predicted octanol–water partition coefficient (Wildman–Crippen LogP) is 1.25. The van der Waals surface area contributed by atoms with Crippen molar-refractivity contribution >= 4 is 16.7 Å². The number of amides is 1. The lowest BCUT2D eigenvalue weighted by molar-refractivity contribution is 0.0740. The smallest absolute Gasteiger partial charge is 0.272 e. The Hall–Kier alpha value is -2.02. The Bertz CT molecular complexity index is 712. The van der Waals surface area contributed by atoms with E-state index in [1.807, 2.05) is 26.1 Å². The van der Waals surface area contributed by atoms with Crippen molar-refractivity contribution in [2.45, 2.75) is 18.6 Å². The minimum atomic E-state index is -0.901. The van der Waals surface area contributed by atoms with Gasteiger partial charge in [0, 0.05) is 48.2 Å². The van der Waals surface area contributed by atoms with Crippen molar-refractivity contribution in [2.24, 2.45) is 0 Å². The molecule has 2 aromatic rings. The third-order valence-corrected chi connectivity index (χ3v) is 5.67. The van der Waals surface area contributed by atoms with Crippen LogP contribution in [-0.4, -0.2) is 53.4 Å². The summed E-state index contributed by atoms with van der Waals surface area (Å²) in [6.45, 7) is 4.83. The van der Waals surface area contributed by atoms with Crippen molar-refractivity contribution in [2.75, 3.05) is 18.8 Å². The summed E-state index contributed by atoms with van der Waals surface area (Å²) in [5.74, 6) is 0.385. The molecule has 0 aliphatic carbocycles. The second-order valence-electron chi connectivity index (χ2n) is 5.89. The summed E-state index contributed by atoms with van der Waals surface area (Å²) in [5.41, 5.74) is 1.18. The first-order valence-electron chi connectivity index (χ1n) is 7.11. The number of carbonyl (C=O) groups is 1. The molecule has 3 heterocycles. The molecule has 3 rings (SSSR count). The molecule has 1 fully saturated rings. The molecule has 1 aliphatic heterocycles. The van der Waals surface area contributed by atoms with Crippen LogP contribution in [0.2, 0.25) is 0 Å². The van der Waals surface area contributed by atoms with Crippen LogP contribution in [0.4, 0.5) is 0 Å². The van der Waals surface area contributed by atoms with Crippen LogP contribution in [0.5, 0.6) is 0 Å². The van der Waals surface area contributed by atoms with Gasteiger partial charge in [0.15, 0.2) is 0 Å².